The van der Waals surface area contributed by atoms with Gasteiger partial charge in [0.2, 0.25) is 5.95 Å². The molecule has 3 rings (SSSR count). The topological polar surface area (TPSA) is 47.0 Å². The molecule has 0 bridgehead atoms. The highest BCUT2D eigenvalue weighted by Crippen LogP contribution is 2.38. The van der Waals surface area contributed by atoms with Crippen LogP contribution in [-0.4, -0.2) is 39.7 Å². The average molecular weight is 265 g/mol. The van der Waals surface area contributed by atoms with E-state index in [-0.39, 0.29) is 5.60 Å². The predicted molar refractivity (Wildman–Crippen MR) is 74.0 cm³/mol. The third-order valence-corrected chi connectivity index (χ3v) is 4.91. The van der Waals surface area contributed by atoms with Crippen LogP contribution in [0.25, 0.3) is 0 Å². The highest BCUT2D eigenvalue weighted by Gasteiger charge is 2.40. The van der Waals surface area contributed by atoms with Crippen LogP contribution in [0.3, 0.4) is 0 Å². The minimum atomic E-state index is 0.115. The summed E-state index contributed by atoms with van der Waals surface area (Å²) in [7, 11) is 0. The molecule has 2 atom stereocenters. The third kappa shape index (κ3) is 2.62. The van der Waals surface area contributed by atoms with Crippen LogP contribution < -0.4 is 5.32 Å². The Morgan fingerprint density at radius 2 is 2.50 bits per heavy atom. The van der Waals surface area contributed by atoms with E-state index >= 15 is 0 Å². The van der Waals surface area contributed by atoms with Gasteiger partial charge in [-0.15, -0.1) is 0 Å². The Kier molecular flexibility index (Phi) is 3.43. The van der Waals surface area contributed by atoms with Gasteiger partial charge < -0.3 is 10.1 Å². The summed E-state index contributed by atoms with van der Waals surface area (Å²) < 4.78 is 6.02. The van der Waals surface area contributed by atoms with E-state index in [1.807, 2.05) is 30.9 Å². The van der Waals surface area contributed by atoms with Crippen LogP contribution >= 0.6 is 11.8 Å². The lowest BCUT2D eigenvalue weighted by Crippen LogP contribution is -2.44. The van der Waals surface area contributed by atoms with Crippen LogP contribution in [0, 0.1) is 6.92 Å². The first-order valence-electron chi connectivity index (χ1n) is 6.54. The van der Waals surface area contributed by atoms with Crippen molar-refractivity contribution in [3.8, 4) is 0 Å². The van der Waals surface area contributed by atoms with Gasteiger partial charge in [-0.25, -0.2) is 9.97 Å². The molecule has 0 unspecified atom stereocenters. The van der Waals surface area contributed by atoms with E-state index in [2.05, 4.69) is 15.3 Å². The lowest BCUT2D eigenvalue weighted by molar-refractivity contribution is -0.0628. The smallest absolute Gasteiger partial charge is 0.223 e. The van der Waals surface area contributed by atoms with E-state index in [4.69, 9.17) is 4.74 Å². The standard InChI is InChI=1S/C13H19N3OS/c1-10-2-5-14-12(15-10)16-11-3-6-17-13(8-11)4-7-18-9-13/h2,5,11H,3-4,6-9H2,1H3,(H,14,15,16)/t11-,13+/m1/s1. The van der Waals surface area contributed by atoms with Crippen molar-refractivity contribution in [2.75, 3.05) is 23.4 Å². The van der Waals surface area contributed by atoms with E-state index in [1.165, 1.54) is 12.2 Å². The van der Waals surface area contributed by atoms with E-state index in [1.54, 1.807) is 0 Å². The molecule has 5 heteroatoms. The molecule has 4 nitrogen and oxygen atoms in total. The molecule has 0 saturated carbocycles. The molecule has 1 aromatic heterocycles. The minimum absolute atomic E-state index is 0.115. The quantitative estimate of drug-likeness (QED) is 0.888. The summed E-state index contributed by atoms with van der Waals surface area (Å²) in [6, 6.07) is 2.36. The second kappa shape index (κ2) is 5.05. The zero-order valence-corrected chi connectivity index (χ0v) is 11.5. The molecule has 1 spiro atoms. The average Bonchev–Trinajstić information content (AvgIpc) is 2.77. The van der Waals surface area contributed by atoms with Crippen LogP contribution in [0.5, 0.6) is 0 Å². The molecule has 2 aliphatic heterocycles. The molecule has 2 aliphatic rings. The lowest BCUT2D eigenvalue weighted by Gasteiger charge is -2.38. The fraction of sp³-hybridized carbons (Fsp3) is 0.692. The number of thioether (sulfide) groups is 1. The highest BCUT2D eigenvalue weighted by molar-refractivity contribution is 7.99. The summed E-state index contributed by atoms with van der Waals surface area (Å²) in [4.78, 5) is 8.69. The zero-order valence-electron chi connectivity index (χ0n) is 10.7. The molecule has 1 aromatic rings. The molecule has 0 aromatic carbocycles. The number of nitrogens with zero attached hydrogens (tertiary/aromatic N) is 2. The number of aromatic nitrogens is 2. The summed E-state index contributed by atoms with van der Waals surface area (Å²) in [5.74, 6) is 3.12. The fourth-order valence-electron chi connectivity index (χ4n) is 2.72. The summed E-state index contributed by atoms with van der Waals surface area (Å²) >= 11 is 2.01. The Morgan fingerprint density at radius 3 is 3.28 bits per heavy atom. The van der Waals surface area contributed by atoms with Gasteiger partial charge in [-0.3, -0.25) is 0 Å². The van der Waals surface area contributed by atoms with Gasteiger partial charge >= 0.3 is 0 Å². The fourth-order valence-corrected chi connectivity index (χ4v) is 4.09. The van der Waals surface area contributed by atoms with Gasteiger partial charge in [0.15, 0.2) is 0 Å². The maximum atomic E-state index is 6.02. The SMILES string of the molecule is Cc1ccnc(N[C@@H]2CCO[C@@]3(CCSC3)C2)n1. The van der Waals surface area contributed by atoms with Crippen molar-refractivity contribution in [2.45, 2.75) is 37.8 Å². The van der Waals surface area contributed by atoms with Crippen molar-refractivity contribution in [1.29, 1.82) is 0 Å². The molecule has 1 N–H and O–H groups in total. The lowest BCUT2D eigenvalue weighted by atomic mass is 9.90. The summed E-state index contributed by atoms with van der Waals surface area (Å²) in [6.07, 6.45) is 5.12. The third-order valence-electron chi connectivity index (χ3n) is 3.69. The van der Waals surface area contributed by atoms with Crippen molar-refractivity contribution >= 4 is 17.7 Å². The van der Waals surface area contributed by atoms with Gasteiger partial charge in [0.25, 0.3) is 0 Å². The van der Waals surface area contributed by atoms with E-state index in [0.717, 1.165) is 36.8 Å². The highest BCUT2D eigenvalue weighted by atomic mass is 32.2. The predicted octanol–water partition coefficient (Wildman–Crippen LogP) is 2.25. The minimum Gasteiger partial charge on any atom is -0.374 e. The number of hydrogen-bond donors (Lipinski definition) is 1. The van der Waals surface area contributed by atoms with Crippen molar-refractivity contribution in [1.82, 2.24) is 9.97 Å². The second-order valence-electron chi connectivity index (χ2n) is 5.19. The van der Waals surface area contributed by atoms with Crippen LogP contribution in [0.4, 0.5) is 5.95 Å². The van der Waals surface area contributed by atoms with Crippen LogP contribution in [0.1, 0.15) is 25.0 Å². The largest absolute Gasteiger partial charge is 0.374 e. The van der Waals surface area contributed by atoms with Gasteiger partial charge in [0, 0.05) is 30.3 Å². The Morgan fingerprint density at radius 1 is 1.56 bits per heavy atom. The number of hydrogen-bond acceptors (Lipinski definition) is 5. The van der Waals surface area contributed by atoms with Crippen molar-refractivity contribution < 1.29 is 4.74 Å². The monoisotopic (exact) mass is 265 g/mol. The van der Waals surface area contributed by atoms with Crippen molar-refractivity contribution in [2.24, 2.45) is 0 Å². The van der Waals surface area contributed by atoms with Crippen molar-refractivity contribution in [3.63, 3.8) is 0 Å². The van der Waals surface area contributed by atoms with E-state index in [9.17, 15) is 0 Å². The van der Waals surface area contributed by atoms with Crippen LogP contribution in [-0.2, 0) is 4.74 Å². The molecule has 3 heterocycles. The van der Waals surface area contributed by atoms with Crippen molar-refractivity contribution in [3.05, 3.63) is 18.0 Å². The number of rotatable bonds is 2. The van der Waals surface area contributed by atoms with Gasteiger partial charge in [0.05, 0.1) is 5.60 Å². The maximum Gasteiger partial charge on any atom is 0.223 e. The van der Waals surface area contributed by atoms with Gasteiger partial charge in [0.1, 0.15) is 0 Å². The molecule has 0 radical (unpaired) electrons. The number of anilines is 1. The molecule has 0 aliphatic carbocycles. The molecule has 2 saturated heterocycles. The zero-order chi connectivity index (χ0) is 12.4. The second-order valence-corrected chi connectivity index (χ2v) is 6.29. The van der Waals surface area contributed by atoms with Gasteiger partial charge in [-0.05, 0) is 38.0 Å². The van der Waals surface area contributed by atoms with Gasteiger partial charge in [-0.1, -0.05) is 0 Å². The van der Waals surface area contributed by atoms with Gasteiger partial charge in [-0.2, -0.15) is 11.8 Å². The Balaban J connectivity index is 1.66. The first-order chi connectivity index (χ1) is 8.76. The Bertz CT molecular complexity index is 420. The number of aryl methyl sites for hydroxylation is 1. The van der Waals surface area contributed by atoms with Crippen LogP contribution in [0.2, 0.25) is 0 Å². The number of ether oxygens (including phenoxy) is 1. The molecular formula is C13H19N3OS. The maximum absolute atomic E-state index is 6.02. The van der Waals surface area contributed by atoms with E-state index in [0.29, 0.717) is 6.04 Å². The molecule has 0 amide bonds. The summed E-state index contributed by atoms with van der Waals surface area (Å²) in [5.41, 5.74) is 1.12. The Labute approximate surface area is 112 Å². The Hall–Kier alpha value is -0.810. The number of nitrogens with one attached hydrogen (secondary N) is 1. The summed E-state index contributed by atoms with van der Waals surface area (Å²) in [6.45, 7) is 2.84. The molecular weight excluding hydrogens is 246 g/mol. The molecule has 18 heavy (non-hydrogen) atoms. The normalized spacial score (nSPS) is 31.7. The molecule has 98 valence electrons. The summed E-state index contributed by atoms with van der Waals surface area (Å²) in [5, 5.41) is 3.46. The first kappa shape index (κ1) is 12.2. The molecule has 2 fully saturated rings. The van der Waals surface area contributed by atoms with E-state index < -0.39 is 0 Å². The van der Waals surface area contributed by atoms with Crippen LogP contribution in [0.15, 0.2) is 12.3 Å². The first-order valence-corrected chi connectivity index (χ1v) is 7.69.